The first-order chi connectivity index (χ1) is 15.7. The Morgan fingerprint density at radius 3 is 2.56 bits per heavy atom. The zero-order chi connectivity index (χ0) is 25.7. The number of phenolic OH excluding ortho intramolecular Hbond substituents is 1. The lowest BCUT2D eigenvalue weighted by molar-refractivity contribution is -0.141. The third-order valence-corrected chi connectivity index (χ3v) is 6.45. The van der Waals surface area contributed by atoms with Crippen molar-refractivity contribution in [3.8, 4) is 11.5 Å². The summed E-state index contributed by atoms with van der Waals surface area (Å²) in [5.41, 5.74) is 1.74. The summed E-state index contributed by atoms with van der Waals surface area (Å²) in [4.78, 5) is 24.9. The van der Waals surface area contributed by atoms with E-state index in [1.165, 1.54) is 0 Å². The topological polar surface area (TPSA) is 93.1 Å². The fourth-order valence-electron chi connectivity index (χ4n) is 4.40. The predicted molar refractivity (Wildman–Crippen MR) is 133 cm³/mol. The molecule has 1 aliphatic heterocycles. The Hall–Kier alpha value is -2.44. The van der Waals surface area contributed by atoms with Gasteiger partial charge in [0.15, 0.2) is 11.6 Å². The zero-order valence-electron chi connectivity index (χ0n) is 21.7. The van der Waals surface area contributed by atoms with Gasteiger partial charge in [-0.3, -0.25) is 9.59 Å². The summed E-state index contributed by atoms with van der Waals surface area (Å²) in [5.74, 6) is 1.00. The highest BCUT2D eigenvalue weighted by Crippen LogP contribution is 2.36. The van der Waals surface area contributed by atoms with Crippen molar-refractivity contribution >= 4 is 11.6 Å². The maximum atomic E-state index is 12.5. The Morgan fingerprint density at radius 1 is 1.29 bits per heavy atom. The molecule has 0 bridgehead atoms. The van der Waals surface area contributed by atoms with Crippen molar-refractivity contribution in [3.63, 3.8) is 0 Å². The highest BCUT2D eigenvalue weighted by Gasteiger charge is 2.48. The molecular formula is C28H40O6. The van der Waals surface area contributed by atoms with Gasteiger partial charge in [-0.15, -0.1) is 0 Å². The molecule has 0 aromatic heterocycles. The van der Waals surface area contributed by atoms with Crippen LogP contribution in [-0.4, -0.2) is 46.2 Å². The highest BCUT2D eigenvalue weighted by atomic mass is 16.5. The minimum atomic E-state index is -1.05. The number of aliphatic hydroxyl groups is 1. The number of ketones is 2. The van der Waals surface area contributed by atoms with Gasteiger partial charge in [0.2, 0.25) is 0 Å². The number of rotatable bonds is 11. The van der Waals surface area contributed by atoms with Crippen molar-refractivity contribution in [3.05, 3.63) is 46.6 Å². The van der Waals surface area contributed by atoms with Crippen LogP contribution >= 0.6 is 0 Å². The van der Waals surface area contributed by atoms with E-state index >= 15 is 0 Å². The van der Waals surface area contributed by atoms with Crippen LogP contribution < -0.4 is 4.74 Å². The van der Waals surface area contributed by atoms with Crippen LogP contribution in [0.5, 0.6) is 11.5 Å². The molecule has 1 aromatic rings. The van der Waals surface area contributed by atoms with E-state index in [1.807, 2.05) is 26.8 Å². The number of Topliss-reactive ketones (excluding diaryl/α,β-unsaturated/α-hetero) is 1. The minimum Gasteiger partial charge on any atom is -0.508 e. The van der Waals surface area contributed by atoms with Gasteiger partial charge in [0.25, 0.3) is 0 Å². The molecule has 0 radical (unpaired) electrons. The second-order valence-electron chi connectivity index (χ2n) is 10.3. The van der Waals surface area contributed by atoms with Gasteiger partial charge in [-0.05, 0) is 91.0 Å². The van der Waals surface area contributed by atoms with E-state index in [0.29, 0.717) is 25.7 Å². The average Bonchev–Trinajstić information content (AvgIpc) is 3.01. The van der Waals surface area contributed by atoms with Crippen LogP contribution in [0.15, 0.2) is 35.4 Å². The Labute approximate surface area is 203 Å². The SMILES string of the molecule is COc1c(C)cc(O)cc1C/C=C(\C)CC(=O)/C=C(/C)CCC[C@@]1(C)O[C@H](C(C)(C)O)CC1=O. The van der Waals surface area contributed by atoms with E-state index in [4.69, 9.17) is 9.47 Å². The summed E-state index contributed by atoms with van der Waals surface area (Å²) in [7, 11) is 1.61. The zero-order valence-corrected chi connectivity index (χ0v) is 21.7. The third-order valence-electron chi connectivity index (χ3n) is 6.45. The molecule has 0 amide bonds. The van der Waals surface area contributed by atoms with E-state index in [0.717, 1.165) is 34.4 Å². The summed E-state index contributed by atoms with van der Waals surface area (Å²) in [6, 6.07) is 3.35. The minimum absolute atomic E-state index is 0.0247. The van der Waals surface area contributed by atoms with Crippen molar-refractivity contribution in [1.29, 1.82) is 0 Å². The number of carbonyl (C=O) groups excluding carboxylic acids is 2. The van der Waals surface area contributed by atoms with E-state index in [-0.39, 0.29) is 23.7 Å². The lowest BCUT2D eigenvalue weighted by Crippen LogP contribution is -2.38. The number of hydrogen-bond donors (Lipinski definition) is 2. The average molecular weight is 473 g/mol. The Kier molecular flexibility index (Phi) is 9.26. The van der Waals surface area contributed by atoms with Gasteiger partial charge in [0.05, 0.1) is 18.8 Å². The first-order valence-corrected chi connectivity index (χ1v) is 11.9. The summed E-state index contributed by atoms with van der Waals surface area (Å²) in [6.07, 6.45) is 6.28. The Bertz CT molecular complexity index is 966. The maximum Gasteiger partial charge on any atom is 0.167 e. The molecule has 1 heterocycles. The van der Waals surface area contributed by atoms with Gasteiger partial charge in [-0.25, -0.2) is 0 Å². The van der Waals surface area contributed by atoms with Crippen molar-refractivity contribution in [2.75, 3.05) is 7.11 Å². The summed E-state index contributed by atoms with van der Waals surface area (Å²) < 4.78 is 11.4. The first kappa shape index (κ1) is 27.8. The standard InChI is InChI=1S/C28H40O6/c1-18(9-8-12-28(6)24(31)17-25(34-28)27(4,5)32)13-22(29)14-19(2)10-11-21-16-23(30)15-20(3)26(21)33-7/h10,13,15-16,25,30,32H,8-9,11-12,14,17H2,1-7H3/b18-13-,19-10+/t25-,28+/m0/s1. The summed E-state index contributed by atoms with van der Waals surface area (Å²) in [6.45, 7) is 10.8. The molecule has 188 valence electrons. The number of allylic oxidation sites excluding steroid dienone is 4. The van der Waals surface area contributed by atoms with Crippen LogP contribution in [0, 0.1) is 6.92 Å². The van der Waals surface area contributed by atoms with E-state index in [2.05, 4.69) is 0 Å². The molecule has 1 aromatic carbocycles. The molecule has 6 nitrogen and oxygen atoms in total. The number of methoxy groups -OCH3 is 1. The van der Waals surface area contributed by atoms with E-state index in [9.17, 15) is 19.8 Å². The van der Waals surface area contributed by atoms with Gasteiger partial charge in [-0.1, -0.05) is 17.2 Å². The quantitative estimate of drug-likeness (QED) is 0.341. The lowest BCUT2D eigenvalue weighted by atomic mass is 9.91. The van der Waals surface area contributed by atoms with E-state index < -0.39 is 17.3 Å². The molecule has 0 saturated carbocycles. The maximum absolute atomic E-state index is 12.5. The molecule has 2 rings (SSSR count). The van der Waals surface area contributed by atoms with Crippen molar-refractivity contribution in [2.24, 2.45) is 0 Å². The fourth-order valence-corrected chi connectivity index (χ4v) is 4.40. The van der Waals surface area contributed by atoms with Crippen LogP contribution in [0.3, 0.4) is 0 Å². The van der Waals surface area contributed by atoms with Crippen molar-refractivity contribution < 1.29 is 29.3 Å². The van der Waals surface area contributed by atoms with Gasteiger partial charge in [-0.2, -0.15) is 0 Å². The van der Waals surface area contributed by atoms with Crippen LogP contribution in [0.2, 0.25) is 0 Å². The molecule has 2 atom stereocenters. The van der Waals surface area contributed by atoms with Crippen LogP contribution in [0.1, 0.15) is 77.8 Å². The first-order valence-electron chi connectivity index (χ1n) is 11.9. The molecule has 2 N–H and O–H groups in total. The molecule has 0 unspecified atom stereocenters. The molecule has 1 saturated heterocycles. The second kappa shape index (κ2) is 11.3. The molecule has 0 aliphatic carbocycles. The number of hydrogen-bond acceptors (Lipinski definition) is 6. The number of benzene rings is 1. The fraction of sp³-hybridized carbons (Fsp3) is 0.571. The molecule has 0 spiro atoms. The molecule has 1 aliphatic rings. The number of aromatic hydroxyl groups is 1. The number of phenols is 1. The molecule has 6 heteroatoms. The number of aryl methyl sites for hydroxylation is 1. The smallest absolute Gasteiger partial charge is 0.167 e. The van der Waals surface area contributed by atoms with Crippen LogP contribution in [0.25, 0.3) is 0 Å². The van der Waals surface area contributed by atoms with Crippen molar-refractivity contribution in [2.45, 2.75) is 97.4 Å². The predicted octanol–water partition coefficient (Wildman–Crippen LogP) is 5.16. The van der Waals surface area contributed by atoms with E-state index in [1.54, 1.807) is 46.1 Å². The number of ether oxygens (including phenoxy) is 2. The second-order valence-corrected chi connectivity index (χ2v) is 10.3. The summed E-state index contributed by atoms with van der Waals surface area (Å²) >= 11 is 0. The lowest BCUT2D eigenvalue weighted by Gasteiger charge is -2.28. The van der Waals surface area contributed by atoms with Gasteiger partial charge in [0, 0.05) is 18.4 Å². The van der Waals surface area contributed by atoms with Gasteiger partial charge >= 0.3 is 0 Å². The molecule has 1 fully saturated rings. The Balaban J connectivity index is 1.87. The molecular weight excluding hydrogens is 432 g/mol. The monoisotopic (exact) mass is 472 g/mol. The Morgan fingerprint density at radius 2 is 1.97 bits per heavy atom. The number of carbonyl (C=O) groups is 2. The van der Waals surface area contributed by atoms with Gasteiger partial charge in [0.1, 0.15) is 17.1 Å². The normalized spacial score (nSPS) is 21.8. The van der Waals surface area contributed by atoms with Crippen molar-refractivity contribution in [1.82, 2.24) is 0 Å². The van der Waals surface area contributed by atoms with Crippen LogP contribution in [0.4, 0.5) is 0 Å². The largest absolute Gasteiger partial charge is 0.508 e. The molecule has 34 heavy (non-hydrogen) atoms. The van der Waals surface area contributed by atoms with Gasteiger partial charge < -0.3 is 19.7 Å². The third kappa shape index (κ3) is 7.54. The van der Waals surface area contributed by atoms with Crippen LogP contribution in [-0.2, 0) is 20.7 Å². The highest BCUT2D eigenvalue weighted by molar-refractivity contribution is 5.92. The summed E-state index contributed by atoms with van der Waals surface area (Å²) in [5, 5.41) is 20.0.